The highest BCUT2D eigenvalue weighted by Crippen LogP contribution is 2.31. The summed E-state index contributed by atoms with van der Waals surface area (Å²) in [4.78, 5) is 24.6. The van der Waals surface area contributed by atoms with Crippen LogP contribution in [0.4, 0.5) is 5.69 Å². The lowest BCUT2D eigenvalue weighted by atomic mass is 9.81. The number of methoxy groups -OCH3 is 1. The van der Waals surface area contributed by atoms with Crippen LogP contribution in [0.15, 0.2) is 24.3 Å². The summed E-state index contributed by atoms with van der Waals surface area (Å²) in [6.07, 6.45) is 5.17. The minimum absolute atomic E-state index is 0.0179. The van der Waals surface area contributed by atoms with Crippen molar-refractivity contribution < 1.29 is 14.3 Å². The van der Waals surface area contributed by atoms with Crippen molar-refractivity contribution in [2.45, 2.75) is 45.4 Å². The molecule has 2 rings (SSSR count). The van der Waals surface area contributed by atoms with E-state index in [1.54, 1.807) is 7.11 Å². The summed E-state index contributed by atoms with van der Waals surface area (Å²) in [6, 6.07) is 7.41. The monoisotopic (exact) mass is 332 g/mol. The van der Waals surface area contributed by atoms with Crippen LogP contribution in [0.1, 0.15) is 45.4 Å². The molecule has 1 aromatic rings. The molecular weight excluding hydrogens is 304 g/mol. The molecule has 24 heavy (non-hydrogen) atoms. The molecule has 0 unspecified atom stereocenters. The lowest BCUT2D eigenvalue weighted by molar-refractivity contribution is -0.128. The van der Waals surface area contributed by atoms with Gasteiger partial charge in [0.05, 0.1) is 12.8 Å². The molecule has 5 nitrogen and oxygen atoms in total. The zero-order chi connectivity index (χ0) is 17.4. The number of hydrogen-bond donors (Lipinski definition) is 2. The fourth-order valence-electron chi connectivity index (χ4n) is 3.13. The highest BCUT2D eigenvalue weighted by Gasteiger charge is 2.30. The Morgan fingerprint density at radius 3 is 2.33 bits per heavy atom. The third-order valence-corrected chi connectivity index (χ3v) is 4.66. The summed E-state index contributed by atoms with van der Waals surface area (Å²) in [7, 11) is 1.59. The molecule has 2 amide bonds. The first-order chi connectivity index (χ1) is 11.7. The van der Waals surface area contributed by atoms with Crippen LogP contribution in [0, 0.1) is 11.8 Å². The van der Waals surface area contributed by atoms with Gasteiger partial charge >= 0.3 is 0 Å². The van der Waals surface area contributed by atoms with Crippen LogP contribution in [0.2, 0.25) is 0 Å². The highest BCUT2D eigenvalue weighted by atomic mass is 16.5. The van der Waals surface area contributed by atoms with Crippen LogP contribution in [0.25, 0.3) is 0 Å². The van der Waals surface area contributed by atoms with Gasteiger partial charge in [-0.25, -0.2) is 0 Å². The third kappa shape index (κ3) is 4.98. The van der Waals surface area contributed by atoms with E-state index < -0.39 is 0 Å². The second-order valence-electron chi connectivity index (χ2n) is 6.38. The molecular formula is C19H28N2O3. The zero-order valence-electron chi connectivity index (χ0n) is 14.6. The van der Waals surface area contributed by atoms with Crippen LogP contribution in [0.5, 0.6) is 5.75 Å². The minimum Gasteiger partial charge on any atom is -0.495 e. The molecule has 1 fully saturated rings. The predicted molar refractivity (Wildman–Crippen MR) is 95.0 cm³/mol. The Labute approximate surface area is 144 Å². The Balaban J connectivity index is 1.81. The van der Waals surface area contributed by atoms with Crippen LogP contribution in [-0.4, -0.2) is 25.5 Å². The highest BCUT2D eigenvalue weighted by molar-refractivity contribution is 5.94. The van der Waals surface area contributed by atoms with Gasteiger partial charge in [-0.05, 0) is 44.2 Å². The molecule has 0 heterocycles. The molecule has 0 aromatic heterocycles. The molecule has 0 spiro atoms. The number of para-hydroxylation sites is 2. The molecule has 0 radical (unpaired) electrons. The van der Waals surface area contributed by atoms with Gasteiger partial charge < -0.3 is 15.4 Å². The molecule has 1 aliphatic carbocycles. The number of rotatable bonds is 7. The summed E-state index contributed by atoms with van der Waals surface area (Å²) in [6.45, 7) is 2.86. The first-order valence-corrected chi connectivity index (χ1v) is 8.87. The van der Waals surface area contributed by atoms with Crippen molar-refractivity contribution >= 4 is 17.5 Å². The Hall–Kier alpha value is -2.04. The summed E-state index contributed by atoms with van der Waals surface area (Å²) >= 11 is 0. The Morgan fingerprint density at radius 2 is 1.71 bits per heavy atom. The normalized spacial score (nSPS) is 20.2. The van der Waals surface area contributed by atoms with E-state index in [0.29, 0.717) is 11.4 Å². The molecule has 0 aliphatic heterocycles. The van der Waals surface area contributed by atoms with Crippen molar-refractivity contribution in [2.24, 2.45) is 11.8 Å². The first-order valence-electron chi connectivity index (χ1n) is 8.87. The molecule has 5 heteroatoms. The van der Waals surface area contributed by atoms with Crippen LogP contribution in [-0.2, 0) is 9.59 Å². The van der Waals surface area contributed by atoms with E-state index in [-0.39, 0.29) is 23.7 Å². The number of ether oxygens (including phenoxy) is 1. The second-order valence-corrected chi connectivity index (χ2v) is 6.38. The molecule has 1 aliphatic rings. The van der Waals surface area contributed by atoms with Gasteiger partial charge in [0, 0.05) is 18.4 Å². The Morgan fingerprint density at radius 1 is 1.08 bits per heavy atom. The van der Waals surface area contributed by atoms with Gasteiger partial charge in [0.1, 0.15) is 5.75 Å². The van der Waals surface area contributed by atoms with Gasteiger partial charge in [-0.2, -0.15) is 0 Å². The molecule has 0 saturated heterocycles. The second kappa shape index (κ2) is 9.30. The van der Waals surface area contributed by atoms with Gasteiger partial charge in [0.25, 0.3) is 0 Å². The van der Waals surface area contributed by atoms with E-state index in [1.165, 1.54) is 0 Å². The summed E-state index contributed by atoms with van der Waals surface area (Å²) < 4.78 is 5.26. The van der Waals surface area contributed by atoms with Crippen LogP contribution >= 0.6 is 0 Å². The topological polar surface area (TPSA) is 67.4 Å². The van der Waals surface area contributed by atoms with Crippen LogP contribution in [0.3, 0.4) is 0 Å². The average molecular weight is 332 g/mol. The maximum atomic E-state index is 12.5. The Kier molecular flexibility index (Phi) is 7.09. The smallest absolute Gasteiger partial charge is 0.227 e. The SMILES string of the molecule is CCCCNC(=O)C1CCC(C(=O)Nc2ccccc2OC)CC1. The van der Waals surface area contributed by atoms with E-state index in [4.69, 9.17) is 4.74 Å². The van der Waals surface area contributed by atoms with Crippen molar-refractivity contribution in [1.29, 1.82) is 0 Å². The maximum Gasteiger partial charge on any atom is 0.227 e. The largest absolute Gasteiger partial charge is 0.495 e. The quantitative estimate of drug-likeness (QED) is 0.752. The number of nitrogens with one attached hydrogen (secondary N) is 2. The standard InChI is InChI=1S/C19H28N2O3/c1-3-4-13-20-18(22)14-9-11-15(12-10-14)19(23)21-16-7-5-6-8-17(16)24-2/h5-8,14-15H,3-4,9-13H2,1-2H3,(H,20,22)(H,21,23). The van der Waals surface area contributed by atoms with Crippen LogP contribution < -0.4 is 15.4 Å². The third-order valence-electron chi connectivity index (χ3n) is 4.66. The predicted octanol–water partition coefficient (Wildman–Crippen LogP) is 3.36. The lowest BCUT2D eigenvalue weighted by Gasteiger charge is -2.27. The number of hydrogen-bond acceptors (Lipinski definition) is 3. The number of benzene rings is 1. The summed E-state index contributed by atoms with van der Waals surface area (Å²) in [5.74, 6) is 0.845. The lowest BCUT2D eigenvalue weighted by Crippen LogP contribution is -2.35. The summed E-state index contributed by atoms with van der Waals surface area (Å²) in [5.41, 5.74) is 0.699. The maximum absolute atomic E-state index is 12.5. The van der Waals surface area contributed by atoms with E-state index in [2.05, 4.69) is 17.6 Å². The van der Waals surface area contributed by atoms with Crippen molar-refractivity contribution in [3.63, 3.8) is 0 Å². The van der Waals surface area contributed by atoms with E-state index in [9.17, 15) is 9.59 Å². The van der Waals surface area contributed by atoms with Crippen molar-refractivity contribution in [1.82, 2.24) is 5.32 Å². The average Bonchev–Trinajstić information content (AvgIpc) is 2.62. The number of anilines is 1. The van der Waals surface area contributed by atoms with Gasteiger partial charge in [-0.1, -0.05) is 25.5 Å². The van der Waals surface area contributed by atoms with E-state index in [0.717, 1.165) is 45.1 Å². The number of amides is 2. The van der Waals surface area contributed by atoms with Crippen molar-refractivity contribution in [2.75, 3.05) is 19.0 Å². The van der Waals surface area contributed by atoms with Gasteiger partial charge in [-0.15, -0.1) is 0 Å². The fraction of sp³-hybridized carbons (Fsp3) is 0.579. The molecule has 1 aromatic carbocycles. The molecule has 0 atom stereocenters. The van der Waals surface area contributed by atoms with Gasteiger partial charge in [-0.3, -0.25) is 9.59 Å². The molecule has 2 N–H and O–H groups in total. The number of unbranched alkanes of at least 4 members (excludes halogenated alkanes) is 1. The minimum atomic E-state index is -0.0328. The van der Waals surface area contributed by atoms with Crippen molar-refractivity contribution in [3.05, 3.63) is 24.3 Å². The number of carbonyl (C=O) groups excluding carboxylic acids is 2. The van der Waals surface area contributed by atoms with Gasteiger partial charge in [0.2, 0.25) is 11.8 Å². The molecule has 1 saturated carbocycles. The number of carbonyl (C=O) groups is 2. The fourth-order valence-corrected chi connectivity index (χ4v) is 3.13. The van der Waals surface area contributed by atoms with E-state index >= 15 is 0 Å². The molecule has 0 bridgehead atoms. The van der Waals surface area contributed by atoms with Gasteiger partial charge in [0.15, 0.2) is 0 Å². The van der Waals surface area contributed by atoms with Crippen molar-refractivity contribution in [3.8, 4) is 5.75 Å². The zero-order valence-corrected chi connectivity index (χ0v) is 14.6. The first kappa shape index (κ1) is 18.3. The Bertz CT molecular complexity index is 551. The molecule has 132 valence electrons. The van der Waals surface area contributed by atoms with E-state index in [1.807, 2.05) is 24.3 Å². The summed E-state index contributed by atoms with van der Waals surface area (Å²) in [5, 5.41) is 5.95.